The second kappa shape index (κ2) is 7.27. The first kappa shape index (κ1) is 13.0. The molecule has 2 atom stereocenters. The summed E-state index contributed by atoms with van der Waals surface area (Å²) in [6, 6.07) is 0.824. The van der Waals surface area contributed by atoms with Gasteiger partial charge < -0.3 is 4.90 Å². The van der Waals surface area contributed by atoms with Crippen molar-refractivity contribution in [2.45, 2.75) is 71.8 Å². The Balaban J connectivity index is 2.13. The topological polar surface area (TPSA) is 3.24 Å². The van der Waals surface area contributed by atoms with E-state index in [0.29, 0.717) is 0 Å². The number of hydrogen-bond acceptors (Lipinski definition) is 1. The number of piperidine rings is 1. The van der Waals surface area contributed by atoms with Gasteiger partial charge in [0.25, 0.3) is 0 Å². The summed E-state index contributed by atoms with van der Waals surface area (Å²) in [5.41, 5.74) is 0. The summed E-state index contributed by atoms with van der Waals surface area (Å²) in [6.07, 6.45) is 9.89. The lowest BCUT2D eigenvalue weighted by atomic mass is 9.96. The lowest BCUT2D eigenvalue weighted by molar-refractivity contribution is 0.160. The SMILES string of the molecule is CCCC(C)CCC(C)N1CCCCC1. The first-order valence-corrected chi connectivity index (χ1v) is 6.98. The van der Waals surface area contributed by atoms with E-state index in [-0.39, 0.29) is 0 Å². The molecule has 0 aliphatic carbocycles. The molecule has 0 aromatic heterocycles. The molecule has 1 heterocycles. The Bertz CT molecular complexity index is 149. The van der Waals surface area contributed by atoms with Crippen LogP contribution in [-0.2, 0) is 0 Å². The van der Waals surface area contributed by atoms with Crippen LogP contribution in [0.15, 0.2) is 0 Å². The zero-order valence-corrected chi connectivity index (χ0v) is 11.0. The van der Waals surface area contributed by atoms with Crippen LogP contribution in [-0.4, -0.2) is 24.0 Å². The van der Waals surface area contributed by atoms with Gasteiger partial charge in [-0.05, 0) is 51.6 Å². The maximum absolute atomic E-state index is 2.70. The van der Waals surface area contributed by atoms with Crippen molar-refractivity contribution in [3.63, 3.8) is 0 Å². The molecule has 90 valence electrons. The van der Waals surface area contributed by atoms with Crippen LogP contribution in [0.4, 0.5) is 0 Å². The normalized spacial score (nSPS) is 22.6. The number of nitrogens with zero attached hydrogens (tertiary/aromatic N) is 1. The Kier molecular flexibility index (Phi) is 6.31. The summed E-state index contributed by atoms with van der Waals surface area (Å²) < 4.78 is 0. The van der Waals surface area contributed by atoms with Crippen LogP contribution >= 0.6 is 0 Å². The van der Waals surface area contributed by atoms with Crippen LogP contribution < -0.4 is 0 Å². The molecule has 2 unspecified atom stereocenters. The van der Waals surface area contributed by atoms with Gasteiger partial charge in [-0.3, -0.25) is 0 Å². The summed E-state index contributed by atoms with van der Waals surface area (Å²) >= 11 is 0. The third-order valence-electron chi connectivity index (χ3n) is 3.87. The van der Waals surface area contributed by atoms with Gasteiger partial charge in [0, 0.05) is 6.04 Å². The zero-order chi connectivity index (χ0) is 11.1. The van der Waals surface area contributed by atoms with Crippen LogP contribution in [0.3, 0.4) is 0 Å². The molecule has 1 aliphatic heterocycles. The standard InChI is InChI=1S/C14H29N/c1-4-8-13(2)9-10-14(3)15-11-6-5-7-12-15/h13-14H,4-12H2,1-3H3. The fourth-order valence-corrected chi connectivity index (χ4v) is 2.70. The molecule has 1 rings (SSSR count). The highest BCUT2D eigenvalue weighted by molar-refractivity contribution is 4.72. The lowest BCUT2D eigenvalue weighted by Gasteiger charge is -2.32. The monoisotopic (exact) mass is 211 g/mol. The molecule has 0 bridgehead atoms. The van der Waals surface area contributed by atoms with Gasteiger partial charge in [-0.1, -0.05) is 33.1 Å². The molecule has 0 aromatic carbocycles. The zero-order valence-electron chi connectivity index (χ0n) is 11.0. The minimum Gasteiger partial charge on any atom is -0.301 e. The van der Waals surface area contributed by atoms with Crippen molar-refractivity contribution in [3.05, 3.63) is 0 Å². The van der Waals surface area contributed by atoms with E-state index < -0.39 is 0 Å². The van der Waals surface area contributed by atoms with Crippen molar-refractivity contribution >= 4 is 0 Å². The molecular formula is C14H29N. The third kappa shape index (κ3) is 5.01. The highest BCUT2D eigenvalue weighted by Crippen LogP contribution is 2.19. The average molecular weight is 211 g/mol. The molecular weight excluding hydrogens is 182 g/mol. The van der Waals surface area contributed by atoms with Gasteiger partial charge in [-0.15, -0.1) is 0 Å². The van der Waals surface area contributed by atoms with Gasteiger partial charge in [0.1, 0.15) is 0 Å². The molecule has 1 heteroatoms. The Morgan fingerprint density at radius 1 is 0.933 bits per heavy atom. The quantitative estimate of drug-likeness (QED) is 0.640. The van der Waals surface area contributed by atoms with E-state index in [4.69, 9.17) is 0 Å². The van der Waals surface area contributed by atoms with Gasteiger partial charge in [0.15, 0.2) is 0 Å². The average Bonchev–Trinajstić information content (AvgIpc) is 2.27. The van der Waals surface area contributed by atoms with Gasteiger partial charge >= 0.3 is 0 Å². The second-order valence-electron chi connectivity index (χ2n) is 5.42. The van der Waals surface area contributed by atoms with E-state index in [2.05, 4.69) is 25.7 Å². The summed E-state index contributed by atoms with van der Waals surface area (Å²) in [5, 5.41) is 0. The Morgan fingerprint density at radius 3 is 2.20 bits per heavy atom. The van der Waals surface area contributed by atoms with Crippen LogP contribution in [0, 0.1) is 5.92 Å². The highest BCUT2D eigenvalue weighted by Gasteiger charge is 2.16. The number of rotatable bonds is 6. The number of hydrogen-bond donors (Lipinski definition) is 0. The van der Waals surface area contributed by atoms with Crippen molar-refractivity contribution in [1.82, 2.24) is 4.90 Å². The van der Waals surface area contributed by atoms with Crippen molar-refractivity contribution in [2.24, 2.45) is 5.92 Å². The molecule has 0 aromatic rings. The van der Waals surface area contributed by atoms with E-state index in [1.54, 1.807) is 0 Å². The predicted molar refractivity (Wildman–Crippen MR) is 68.2 cm³/mol. The Hall–Kier alpha value is -0.0400. The molecule has 15 heavy (non-hydrogen) atoms. The van der Waals surface area contributed by atoms with Crippen LogP contribution in [0.25, 0.3) is 0 Å². The number of likely N-dealkylation sites (tertiary alicyclic amines) is 1. The van der Waals surface area contributed by atoms with Gasteiger partial charge in [-0.25, -0.2) is 0 Å². The summed E-state index contributed by atoms with van der Waals surface area (Å²) in [4.78, 5) is 2.70. The molecule has 1 aliphatic rings. The molecule has 0 amide bonds. The van der Waals surface area contributed by atoms with E-state index in [9.17, 15) is 0 Å². The predicted octanol–water partition coefficient (Wildman–Crippen LogP) is 4.08. The van der Waals surface area contributed by atoms with Crippen molar-refractivity contribution < 1.29 is 0 Å². The van der Waals surface area contributed by atoms with Crippen LogP contribution in [0.5, 0.6) is 0 Å². The van der Waals surface area contributed by atoms with Gasteiger partial charge in [0.2, 0.25) is 0 Å². The molecule has 0 N–H and O–H groups in total. The first-order valence-electron chi connectivity index (χ1n) is 6.98. The first-order chi connectivity index (χ1) is 7.24. The minimum atomic E-state index is 0.824. The molecule has 0 radical (unpaired) electrons. The lowest BCUT2D eigenvalue weighted by Crippen LogP contribution is -2.37. The smallest absolute Gasteiger partial charge is 0.00670 e. The second-order valence-corrected chi connectivity index (χ2v) is 5.42. The summed E-state index contributed by atoms with van der Waals surface area (Å²) in [5.74, 6) is 0.933. The highest BCUT2D eigenvalue weighted by atomic mass is 15.1. The largest absolute Gasteiger partial charge is 0.301 e. The fourth-order valence-electron chi connectivity index (χ4n) is 2.70. The minimum absolute atomic E-state index is 0.824. The van der Waals surface area contributed by atoms with E-state index in [1.165, 1.54) is 58.0 Å². The summed E-state index contributed by atoms with van der Waals surface area (Å²) in [7, 11) is 0. The van der Waals surface area contributed by atoms with E-state index in [0.717, 1.165) is 12.0 Å². The maximum Gasteiger partial charge on any atom is 0.00670 e. The Labute approximate surface area is 96.2 Å². The van der Waals surface area contributed by atoms with Crippen LogP contribution in [0.2, 0.25) is 0 Å². The van der Waals surface area contributed by atoms with Gasteiger partial charge in [0.05, 0.1) is 0 Å². The molecule has 0 saturated carbocycles. The molecule has 1 nitrogen and oxygen atoms in total. The Morgan fingerprint density at radius 2 is 1.60 bits per heavy atom. The van der Waals surface area contributed by atoms with E-state index >= 15 is 0 Å². The van der Waals surface area contributed by atoms with Gasteiger partial charge in [-0.2, -0.15) is 0 Å². The summed E-state index contributed by atoms with van der Waals surface area (Å²) in [6.45, 7) is 9.83. The van der Waals surface area contributed by atoms with Crippen molar-refractivity contribution in [2.75, 3.05) is 13.1 Å². The fraction of sp³-hybridized carbons (Fsp3) is 1.00. The third-order valence-corrected chi connectivity index (χ3v) is 3.87. The van der Waals surface area contributed by atoms with E-state index in [1.807, 2.05) is 0 Å². The molecule has 0 spiro atoms. The molecule has 1 saturated heterocycles. The molecule has 1 fully saturated rings. The van der Waals surface area contributed by atoms with Crippen molar-refractivity contribution in [3.8, 4) is 0 Å². The van der Waals surface area contributed by atoms with Crippen molar-refractivity contribution in [1.29, 1.82) is 0 Å². The van der Waals surface area contributed by atoms with Crippen LogP contribution in [0.1, 0.15) is 65.7 Å². The maximum atomic E-state index is 2.70.